The summed E-state index contributed by atoms with van der Waals surface area (Å²) >= 11 is 0. The lowest BCUT2D eigenvalue weighted by atomic mass is 10.0. The molecule has 0 bridgehead atoms. The Labute approximate surface area is 114 Å². The van der Waals surface area contributed by atoms with Crippen molar-refractivity contribution in [1.29, 1.82) is 0 Å². The van der Waals surface area contributed by atoms with Crippen molar-refractivity contribution in [3.8, 4) is 0 Å². The minimum absolute atomic E-state index is 0.233. The van der Waals surface area contributed by atoms with Gasteiger partial charge in [0.05, 0.1) is 19.3 Å². The molecule has 0 aromatic carbocycles. The van der Waals surface area contributed by atoms with Gasteiger partial charge in [-0.05, 0) is 46.1 Å². The van der Waals surface area contributed by atoms with Crippen molar-refractivity contribution in [3.63, 3.8) is 0 Å². The highest BCUT2D eigenvalue weighted by atomic mass is 16.6. The van der Waals surface area contributed by atoms with Crippen LogP contribution in [0.4, 0.5) is 0 Å². The van der Waals surface area contributed by atoms with Gasteiger partial charge in [0, 0.05) is 0 Å². The van der Waals surface area contributed by atoms with Crippen molar-refractivity contribution in [3.05, 3.63) is 11.6 Å². The lowest BCUT2D eigenvalue weighted by Crippen LogP contribution is -2.28. The van der Waals surface area contributed by atoms with Crippen molar-refractivity contribution in [1.82, 2.24) is 0 Å². The van der Waals surface area contributed by atoms with Gasteiger partial charge in [-0.25, -0.2) is 0 Å². The van der Waals surface area contributed by atoms with E-state index in [0.29, 0.717) is 12.8 Å². The molecular formula is C14H24O5. The summed E-state index contributed by atoms with van der Waals surface area (Å²) < 4.78 is 9.73. The molecule has 0 saturated heterocycles. The maximum Gasteiger partial charge on any atom is 0.320 e. The molecule has 0 radical (unpaired) electrons. The highest BCUT2D eigenvalue weighted by Gasteiger charge is 2.28. The predicted octanol–water partition coefficient (Wildman–Crippen LogP) is 1.84. The first-order valence-corrected chi connectivity index (χ1v) is 6.61. The summed E-state index contributed by atoms with van der Waals surface area (Å²) in [5.74, 6) is -1.99. The smallest absolute Gasteiger partial charge is 0.320 e. The maximum absolute atomic E-state index is 11.7. The van der Waals surface area contributed by atoms with Crippen LogP contribution in [-0.4, -0.2) is 36.4 Å². The molecule has 0 aromatic rings. The fourth-order valence-corrected chi connectivity index (χ4v) is 1.47. The van der Waals surface area contributed by atoms with Crippen LogP contribution in [0.3, 0.4) is 0 Å². The zero-order chi connectivity index (χ0) is 14.8. The van der Waals surface area contributed by atoms with Crippen LogP contribution in [0.2, 0.25) is 0 Å². The molecule has 0 aliphatic rings. The van der Waals surface area contributed by atoms with Crippen LogP contribution >= 0.6 is 0 Å². The van der Waals surface area contributed by atoms with Crippen LogP contribution in [0.5, 0.6) is 0 Å². The Morgan fingerprint density at radius 3 is 2.00 bits per heavy atom. The summed E-state index contributed by atoms with van der Waals surface area (Å²) in [7, 11) is 0. The second kappa shape index (κ2) is 9.55. The van der Waals surface area contributed by atoms with Gasteiger partial charge in [0.15, 0.2) is 5.92 Å². The summed E-state index contributed by atoms with van der Waals surface area (Å²) in [5, 5.41) is 9.32. The molecule has 5 heteroatoms. The molecule has 0 heterocycles. The van der Waals surface area contributed by atoms with E-state index in [0.717, 1.165) is 5.57 Å². The minimum Gasteiger partial charge on any atom is -0.465 e. The van der Waals surface area contributed by atoms with Crippen LogP contribution in [0.1, 0.15) is 40.5 Å². The molecule has 19 heavy (non-hydrogen) atoms. The van der Waals surface area contributed by atoms with Gasteiger partial charge in [0.25, 0.3) is 0 Å². The SMILES string of the molecule is CCOC(=O)C(CC/C=C(\C)C(C)O)C(=O)OCC. The van der Waals surface area contributed by atoms with E-state index >= 15 is 0 Å². The van der Waals surface area contributed by atoms with Crippen molar-refractivity contribution in [2.24, 2.45) is 5.92 Å². The monoisotopic (exact) mass is 272 g/mol. The third-order valence-corrected chi connectivity index (χ3v) is 2.72. The Kier molecular flexibility index (Phi) is 8.87. The highest BCUT2D eigenvalue weighted by molar-refractivity contribution is 5.94. The first-order valence-electron chi connectivity index (χ1n) is 6.61. The fourth-order valence-electron chi connectivity index (χ4n) is 1.47. The van der Waals surface area contributed by atoms with Crippen LogP contribution in [-0.2, 0) is 19.1 Å². The van der Waals surface area contributed by atoms with Gasteiger partial charge < -0.3 is 14.6 Å². The molecule has 0 amide bonds. The van der Waals surface area contributed by atoms with Crippen LogP contribution < -0.4 is 0 Å². The quantitative estimate of drug-likeness (QED) is 0.414. The number of hydrogen-bond acceptors (Lipinski definition) is 5. The number of carbonyl (C=O) groups excluding carboxylic acids is 2. The van der Waals surface area contributed by atoms with Gasteiger partial charge in [-0.1, -0.05) is 6.08 Å². The van der Waals surface area contributed by atoms with E-state index in [2.05, 4.69) is 0 Å². The number of carbonyl (C=O) groups is 2. The van der Waals surface area contributed by atoms with E-state index < -0.39 is 24.0 Å². The summed E-state index contributed by atoms with van der Waals surface area (Å²) in [4.78, 5) is 23.4. The Hall–Kier alpha value is -1.36. The highest BCUT2D eigenvalue weighted by Crippen LogP contribution is 2.14. The van der Waals surface area contributed by atoms with Crippen molar-refractivity contribution < 1.29 is 24.2 Å². The summed E-state index contributed by atoms with van der Waals surface area (Å²) in [6.45, 7) is 7.32. The van der Waals surface area contributed by atoms with Crippen molar-refractivity contribution in [2.75, 3.05) is 13.2 Å². The van der Waals surface area contributed by atoms with Gasteiger partial charge in [-0.3, -0.25) is 9.59 Å². The molecule has 0 aliphatic heterocycles. The Morgan fingerprint density at radius 2 is 1.63 bits per heavy atom. The first kappa shape index (κ1) is 17.6. The molecule has 0 aliphatic carbocycles. The number of aliphatic hydroxyl groups excluding tert-OH is 1. The lowest BCUT2D eigenvalue weighted by molar-refractivity contribution is -0.161. The van der Waals surface area contributed by atoms with Gasteiger partial charge in [-0.15, -0.1) is 0 Å². The third-order valence-electron chi connectivity index (χ3n) is 2.72. The second-order valence-electron chi connectivity index (χ2n) is 4.26. The van der Waals surface area contributed by atoms with E-state index in [9.17, 15) is 14.7 Å². The fraction of sp³-hybridized carbons (Fsp3) is 0.714. The zero-order valence-electron chi connectivity index (χ0n) is 12.1. The average molecular weight is 272 g/mol. The number of esters is 2. The molecular weight excluding hydrogens is 248 g/mol. The topological polar surface area (TPSA) is 72.8 Å². The average Bonchev–Trinajstić information content (AvgIpc) is 2.34. The molecule has 1 N–H and O–H groups in total. The number of hydrogen-bond donors (Lipinski definition) is 1. The van der Waals surface area contributed by atoms with Gasteiger partial charge in [0.1, 0.15) is 0 Å². The van der Waals surface area contributed by atoms with Gasteiger partial charge in [0.2, 0.25) is 0 Å². The molecule has 0 saturated carbocycles. The van der Waals surface area contributed by atoms with E-state index in [4.69, 9.17) is 9.47 Å². The molecule has 1 unspecified atom stereocenters. The van der Waals surface area contributed by atoms with Crippen molar-refractivity contribution in [2.45, 2.75) is 46.6 Å². The maximum atomic E-state index is 11.7. The van der Waals surface area contributed by atoms with Crippen LogP contribution in [0.15, 0.2) is 11.6 Å². The molecule has 0 aromatic heterocycles. The molecule has 5 nitrogen and oxygen atoms in total. The first-order chi connectivity index (χ1) is 8.93. The Bertz CT molecular complexity index is 302. The zero-order valence-corrected chi connectivity index (χ0v) is 12.1. The van der Waals surface area contributed by atoms with E-state index in [1.807, 2.05) is 6.08 Å². The minimum atomic E-state index is -0.891. The molecule has 0 spiro atoms. The number of rotatable bonds is 8. The van der Waals surface area contributed by atoms with Gasteiger partial charge in [-0.2, -0.15) is 0 Å². The van der Waals surface area contributed by atoms with Crippen molar-refractivity contribution >= 4 is 11.9 Å². The largest absolute Gasteiger partial charge is 0.465 e. The van der Waals surface area contributed by atoms with E-state index in [1.165, 1.54) is 0 Å². The summed E-state index contributed by atoms with van der Waals surface area (Å²) in [5.41, 5.74) is 0.812. The summed E-state index contributed by atoms with van der Waals surface area (Å²) in [6.07, 6.45) is 2.13. The predicted molar refractivity (Wildman–Crippen MR) is 71.4 cm³/mol. The normalized spacial score (nSPS) is 13.3. The van der Waals surface area contributed by atoms with E-state index in [1.54, 1.807) is 27.7 Å². The van der Waals surface area contributed by atoms with E-state index in [-0.39, 0.29) is 13.2 Å². The Balaban J connectivity index is 4.55. The number of ether oxygens (including phenoxy) is 2. The molecule has 0 fully saturated rings. The van der Waals surface area contributed by atoms with Crippen LogP contribution in [0.25, 0.3) is 0 Å². The lowest BCUT2D eigenvalue weighted by Gasteiger charge is -2.13. The standard InChI is InChI=1S/C14H24O5/c1-5-18-13(16)12(14(17)19-6-2)9-7-8-10(3)11(4)15/h8,11-12,15H,5-7,9H2,1-4H3/b10-8+. The van der Waals surface area contributed by atoms with Gasteiger partial charge >= 0.3 is 11.9 Å². The second-order valence-corrected chi connectivity index (χ2v) is 4.26. The molecule has 0 rings (SSSR count). The third kappa shape index (κ3) is 6.96. The molecule has 110 valence electrons. The van der Waals surface area contributed by atoms with Crippen LogP contribution in [0, 0.1) is 5.92 Å². The number of aliphatic hydroxyl groups is 1. The Morgan fingerprint density at radius 1 is 1.16 bits per heavy atom. The summed E-state index contributed by atoms with van der Waals surface area (Å²) in [6, 6.07) is 0. The number of allylic oxidation sites excluding steroid dienone is 1. The molecule has 1 atom stereocenters.